The monoisotopic (exact) mass is 464 g/mol. The van der Waals surface area contributed by atoms with Gasteiger partial charge in [-0.1, -0.05) is 24.3 Å². The SMILES string of the molecule is Cc1cccc(C)c1NS(=O)(=O)c1ccc(NC(=O)c2ccn(-c3cccc(F)c3)n2)cc1. The third-order valence-corrected chi connectivity index (χ3v) is 6.40. The molecule has 168 valence electrons. The van der Waals surface area contributed by atoms with Crippen LogP contribution in [0.4, 0.5) is 15.8 Å². The van der Waals surface area contributed by atoms with E-state index >= 15 is 0 Å². The molecule has 0 saturated carbocycles. The molecule has 1 aromatic heterocycles. The van der Waals surface area contributed by atoms with E-state index in [1.807, 2.05) is 32.0 Å². The molecule has 0 atom stereocenters. The Kier molecular flexibility index (Phi) is 5.97. The average molecular weight is 465 g/mol. The minimum absolute atomic E-state index is 0.0681. The first-order valence-electron chi connectivity index (χ1n) is 10.0. The number of rotatable bonds is 6. The van der Waals surface area contributed by atoms with Gasteiger partial charge in [0.2, 0.25) is 0 Å². The minimum Gasteiger partial charge on any atom is -0.321 e. The number of carbonyl (C=O) groups is 1. The fourth-order valence-corrected chi connectivity index (χ4v) is 4.49. The van der Waals surface area contributed by atoms with Gasteiger partial charge >= 0.3 is 0 Å². The molecule has 0 radical (unpaired) electrons. The molecular formula is C24H21FN4O3S. The van der Waals surface area contributed by atoms with E-state index in [1.54, 1.807) is 18.3 Å². The Hall–Kier alpha value is -3.98. The van der Waals surface area contributed by atoms with Crippen molar-refractivity contribution in [3.63, 3.8) is 0 Å². The van der Waals surface area contributed by atoms with Crippen molar-refractivity contribution in [3.8, 4) is 5.69 Å². The molecule has 3 aromatic carbocycles. The number of aryl methyl sites for hydroxylation is 2. The molecule has 0 saturated heterocycles. The van der Waals surface area contributed by atoms with Crippen LogP contribution in [-0.2, 0) is 10.0 Å². The van der Waals surface area contributed by atoms with Gasteiger partial charge in [0.25, 0.3) is 15.9 Å². The van der Waals surface area contributed by atoms with Crippen molar-refractivity contribution in [2.75, 3.05) is 10.0 Å². The summed E-state index contributed by atoms with van der Waals surface area (Å²) in [6.45, 7) is 3.66. The topological polar surface area (TPSA) is 93.1 Å². The maximum atomic E-state index is 13.4. The Bertz CT molecular complexity index is 1410. The number of hydrogen-bond acceptors (Lipinski definition) is 4. The molecule has 4 rings (SSSR count). The van der Waals surface area contributed by atoms with Crippen molar-refractivity contribution in [2.45, 2.75) is 18.7 Å². The van der Waals surface area contributed by atoms with Crippen molar-refractivity contribution in [1.29, 1.82) is 0 Å². The molecule has 4 aromatic rings. The van der Waals surface area contributed by atoms with Gasteiger partial charge < -0.3 is 5.32 Å². The highest BCUT2D eigenvalue weighted by molar-refractivity contribution is 7.92. The van der Waals surface area contributed by atoms with Crippen LogP contribution in [0.3, 0.4) is 0 Å². The summed E-state index contributed by atoms with van der Waals surface area (Å²) in [7, 11) is -3.80. The molecule has 0 fully saturated rings. The number of hydrogen-bond donors (Lipinski definition) is 2. The van der Waals surface area contributed by atoms with Gasteiger partial charge in [-0.05, 0) is 73.5 Å². The number of nitrogens with one attached hydrogen (secondary N) is 2. The van der Waals surface area contributed by atoms with Gasteiger partial charge in [-0.15, -0.1) is 0 Å². The van der Waals surface area contributed by atoms with E-state index in [0.29, 0.717) is 17.1 Å². The number of benzene rings is 3. The predicted octanol–water partition coefficient (Wildman–Crippen LogP) is 4.68. The molecule has 1 heterocycles. The Morgan fingerprint density at radius 3 is 2.27 bits per heavy atom. The molecule has 7 nitrogen and oxygen atoms in total. The van der Waals surface area contributed by atoms with Crippen molar-refractivity contribution in [3.05, 3.63) is 102 Å². The van der Waals surface area contributed by atoms with E-state index in [4.69, 9.17) is 0 Å². The van der Waals surface area contributed by atoms with Crippen LogP contribution in [0.5, 0.6) is 0 Å². The Morgan fingerprint density at radius 2 is 1.61 bits per heavy atom. The van der Waals surface area contributed by atoms with Gasteiger partial charge in [-0.25, -0.2) is 17.5 Å². The maximum Gasteiger partial charge on any atom is 0.276 e. The standard InChI is InChI=1S/C24H21FN4O3S/c1-16-5-3-6-17(2)23(16)28-33(31,32)21-11-9-19(10-12-21)26-24(30)22-13-14-29(27-22)20-8-4-7-18(25)15-20/h3-15,28H,1-2H3,(H,26,30). The molecular weight excluding hydrogens is 443 g/mol. The average Bonchev–Trinajstić information content (AvgIpc) is 3.27. The van der Waals surface area contributed by atoms with Crippen molar-refractivity contribution in [1.82, 2.24) is 9.78 Å². The van der Waals surface area contributed by atoms with E-state index in [0.717, 1.165) is 11.1 Å². The third kappa shape index (κ3) is 4.93. The molecule has 0 spiro atoms. The molecule has 0 aliphatic carbocycles. The van der Waals surface area contributed by atoms with Crippen LogP contribution in [-0.4, -0.2) is 24.1 Å². The summed E-state index contributed by atoms with van der Waals surface area (Å²) in [5.41, 5.74) is 3.21. The lowest BCUT2D eigenvalue weighted by atomic mass is 10.1. The second kappa shape index (κ2) is 8.87. The Labute approximate surface area is 190 Å². The molecule has 0 aliphatic rings. The number of halogens is 1. The smallest absolute Gasteiger partial charge is 0.276 e. The summed E-state index contributed by atoms with van der Waals surface area (Å²) in [5.74, 6) is -0.884. The second-order valence-corrected chi connectivity index (χ2v) is 9.16. The van der Waals surface area contributed by atoms with E-state index < -0.39 is 21.7 Å². The maximum absolute atomic E-state index is 13.4. The normalized spacial score (nSPS) is 11.2. The lowest BCUT2D eigenvalue weighted by Crippen LogP contribution is -2.15. The number of aromatic nitrogens is 2. The fraction of sp³-hybridized carbons (Fsp3) is 0.0833. The third-order valence-electron chi connectivity index (χ3n) is 5.03. The molecule has 33 heavy (non-hydrogen) atoms. The number of nitrogens with zero attached hydrogens (tertiary/aromatic N) is 2. The largest absolute Gasteiger partial charge is 0.321 e. The van der Waals surface area contributed by atoms with Crippen LogP contribution in [0.25, 0.3) is 5.69 Å². The highest BCUT2D eigenvalue weighted by atomic mass is 32.2. The molecule has 0 aliphatic heterocycles. The number of carbonyl (C=O) groups excluding carboxylic acids is 1. The number of amides is 1. The molecule has 0 bridgehead atoms. The molecule has 1 amide bonds. The van der Waals surface area contributed by atoms with E-state index in [2.05, 4.69) is 15.1 Å². The van der Waals surface area contributed by atoms with Gasteiger partial charge in [0.05, 0.1) is 16.3 Å². The van der Waals surface area contributed by atoms with Crippen molar-refractivity contribution in [2.24, 2.45) is 0 Å². The Morgan fingerprint density at radius 1 is 0.939 bits per heavy atom. The van der Waals surface area contributed by atoms with Crippen LogP contribution in [0.1, 0.15) is 21.6 Å². The van der Waals surface area contributed by atoms with E-state index in [1.165, 1.54) is 47.1 Å². The summed E-state index contributed by atoms with van der Waals surface area (Å²) >= 11 is 0. The fourth-order valence-electron chi connectivity index (χ4n) is 3.29. The lowest BCUT2D eigenvalue weighted by Gasteiger charge is -2.13. The van der Waals surface area contributed by atoms with Gasteiger partial charge in [-0.2, -0.15) is 5.10 Å². The van der Waals surface area contributed by atoms with Crippen LogP contribution in [0, 0.1) is 19.7 Å². The molecule has 2 N–H and O–H groups in total. The Balaban J connectivity index is 1.47. The molecule has 9 heteroatoms. The lowest BCUT2D eigenvalue weighted by molar-refractivity contribution is 0.102. The predicted molar refractivity (Wildman–Crippen MR) is 125 cm³/mol. The van der Waals surface area contributed by atoms with Gasteiger partial charge in [0.15, 0.2) is 5.69 Å². The summed E-state index contributed by atoms with van der Waals surface area (Å²) in [5, 5.41) is 6.85. The van der Waals surface area contributed by atoms with Gasteiger partial charge in [0, 0.05) is 11.9 Å². The number of para-hydroxylation sites is 1. The van der Waals surface area contributed by atoms with E-state index in [9.17, 15) is 17.6 Å². The highest BCUT2D eigenvalue weighted by Gasteiger charge is 2.17. The van der Waals surface area contributed by atoms with Crippen molar-refractivity contribution < 1.29 is 17.6 Å². The first kappa shape index (κ1) is 22.2. The summed E-state index contributed by atoms with van der Waals surface area (Å²) in [6.07, 6.45) is 1.55. The first-order chi connectivity index (χ1) is 15.7. The van der Waals surface area contributed by atoms with Crippen LogP contribution < -0.4 is 10.0 Å². The highest BCUT2D eigenvalue weighted by Crippen LogP contribution is 2.24. The second-order valence-electron chi connectivity index (χ2n) is 7.48. The van der Waals surface area contributed by atoms with Crippen molar-refractivity contribution >= 4 is 27.3 Å². The van der Waals surface area contributed by atoms with Crippen LogP contribution >= 0.6 is 0 Å². The van der Waals surface area contributed by atoms with Crippen LogP contribution in [0.15, 0.2) is 83.9 Å². The van der Waals surface area contributed by atoms with Crippen LogP contribution in [0.2, 0.25) is 0 Å². The zero-order valence-corrected chi connectivity index (χ0v) is 18.7. The summed E-state index contributed by atoms with van der Waals surface area (Å²) < 4.78 is 43.0. The first-order valence-corrected chi connectivity index (χ1v) is 11.5. The summed E-state index contributed by atoms with van der Waals surface area (Å²) in [4.78, 5) is 12.6. The quantitative estimate of drug-likeness (QED) is 0.433. The summed E-state index contributed by atoms with van der Waals surface area (Å²) in [6, 6.07) is 18.7. The number of anilines is 2. The zero-order chi connectivity index (χ0) is 23.6. The van der Waals surface area contributed by atoms with Gasteiger partial charge in [-0.3, -0.25) is 9.52 Å². The van der Waals surface area contributed by atoms with E-state index in [-0.39, 0.29) is 10.6 Å². The van der Waals surface area contributed by atoms with Gasteiger partial charge in [0.1, 0.15) is 5.82 Å². The molecule has 0 unspecified atom stereocenters. The minimum atomic E-state index is -3.80. The number of sulfonamides is 1. The zero-order valence-electron chi connectivity index (χ0n) is 17.9.